The third kappa shape index (κ3) is 2.92. The monoisotopic (exact) mass is 292 g/mol. The van der Waals surface area contributed by atoms with Gasteiger partial charge in [-0.2, -0.15) is 5.10 Å². The largest absolute Gasteiger partial charge is 0.378 e. The molecule has 6 heteroatoms. The van der Waals surface area contributed by atoms with Gasteiger partial charge in [-0.3, -0.25) is 9.58 Å². The van der Waals surface area contributed by atoms with E-state index in [0.717, 1.165) is 43.5 Å². The Bertz CT molecular complexity index is 565. The SMILES string of the molecule is CCn1cc(CN2CCOCC2c2nc(C)cs2)cn1. The normalized spacial score (nSPS) is 20.4. The molecule has 0 spiro atoms. The van der Waals surface area contributed by atoms with Crippen LogP contribution in [-0.2, 0) is 17.8 Å². The number of rotatable bonds is 4. The first kappa shape index (κ1) is 13.7. The summed E-state index contributed by atoms with van der Waals surface area (Å²) in [6.07, 6.45) is 4.09. The second kappa shape index (κ2) is 6.03. The summed E-state index contributed by atoms with van der Waals surface area (Å²) in [5.74, 6) is 0. The predicted molar refractivity (Wildman–Crippen MR) is 78.7 cm³/mol. The van der Waals surface area contributed by atoms with Gasteiger partial charge in [0, 0.05) is 42.5 Å². The maximum atomic E-state index is 5.64. The van der Waals surface area contributed by atoms with E-state index in [0.29, 0.717) is 0 Å². The average molecular weight is 292 g/mol. The standard InChI is InChI=1S/C14H20N4OS/c1-3-18-8-12(6-15-18)7-17-4-5-19-9-13(17)14-16-11(2)10-20-14/h6,8,10,13H,3-5,7,9H2,1-2H3. The van der Waals surface area contributed by atoms with Crippen LogP contribution in [0.15, 0.2) is 17.8 Å². The fraction of sp³-hybridized carbons (Fsp3) is 0.571. The number of ether oxygens (including phenoxy) is 1. The fourth-order valence-corrected chi connectivity index (χ4v) is 3.39. The smallest absolute Gasteiger partial charge is 0.112 e. The van der Waals surface area contributed by atoms with Crippen molar-refractivity contribution in [1.29, 1.82) is 0 Å². The molecule has 1 saturated heterocycles. The summed E-state index contributed by atoms with van der Waals surface area (Å²) in [6, 6.07) is 0.271. The summed E-state index contributed by atoms with van der Waals surface area (Å²) in [7, 11) is 0. The Morgan fingerprint density at radius 1 is 1.50 bits per heavy atom. The molecule has 0 radical (unpaired) electrons. The van der Waals surface area contributed by atoms with Gasteiger partial charge in [-0.05, 0) is 13.8 Å². The number of hydrogen-bond acceptors (Lipinski definition) is 5. The Kier molecular flexibility index (Phi) is 4.14. The van der Waals surface area contributed by atoms with Crippen LogP contribution in [0.2, 0.25) is 0 Å². The van der Waals surface area contributed by atoms with Crippen molar-refractivity contribution in [2.75, 3.05) is 19.8 Å². The van der Waals surface area contributed by atoms with E-state index in [2.05, 4.69) is 33.5 Å². The van der Waals surface area contributed by atoms with Gasteiger partial charge in [0.2, 0.25) is 0 Å². The highest BCUT2D eigenvalue weighted by Crippen LogP contribution is 2.28. The van der Waals surface area contributed by atoms with Crippen LogP contribution in [0.5, 0.6) is 0 Å². The van der Waals surface area contributed by atoms with Gasteiger partial charge in [0.15, 0.2) is 0 Å². The van der Waals surface area contributed by atoms with E-state index < -0.39 is 0 Å². The summed E-state index contributed by atoms with van der Waals surface area (Å²) < 4.78 is 7.61. The van der Waals surface area contributed by atoms with Gasteiger partial charge in [-0.15, -0.1) is 11.3 Å². The van der Waals surface area contributed by atoms with Gasteiger partial charge < -0.3 is 4.74 Å². The highest BCUT2D eigenvalue weighted by Gasteiger charge is 2.27. The van der Waals surface area contributed by atoms with Crippen LogP contribution >= 0.6 is 11.3 Å². The quantitative estimate of drug-likeness (QED) is 0.867. The van der Waals surface area contributed by atoms with E-state index in [9.17, 15) is 0 Å². The Hall–Kier alpha value is -1.24. The maximum Gasteiger partial charge on any atom is 0.112 e. The second-order valence-electron chi connectivity index (χ2n) is 5.09. The van der Waals surface area contributed by atoms with Crippen LogP contribution in [0.3, 0.4) is 0 Å². The first-order chi connectivity index (χ1) is 9.76. The highest BCUT2D eigenvalue weighted by atomic mass is 32.1. The van der Waals surface area contributed by atoms with Gasteiger partial charge in [-0.25, -0.2) is 4.98 Å². The van der Waals surface area contributed by atoms with Crippen molar-refractivity contribution in [2.45, 2.75) is 33.0 Å². The van der Waals surface area contributed by atoms with Crippen LogP contribution in [-0.4, -0.2) is 39.4 Å². The lowest BCUT2D eigenvalue weighted by Gasteiger charge is -2.34. The van der Waals surface area contributed by atoms with Crippen molar-refractivity contribution in [2.24, 2.45) is 0 Å². The van der Waals surface area contributed by atoms with Crippen LogP contribution < -0.4 is 0 Å². The number of nitrogens with zero attached hydrogens (tertiary/aromatic N) is 4. The van der Waals surface area contributed by atoms with Gasteiger partial charge in [0.25, 0.3) is 0 Å². The summed E-state index contributed by atoms with van der Waals surface area (Å²) in [5, 5.41) is 7.61. The molecule has 0 aliphatic carbocycles. The molecule has 3 heterocycles. The summed E-state index contributed by atoms with van der Waals surface area (Å²) in [4.78, 5) is 7.07. The van der Waals surface area contributed by atoms with Gasteiger partial charge in [-0.1, -0.05) is 0 Å². The molecule has 0 aromatic carbocycles. The molecule has 0 bridgehead atoms. The first-order valence-electron chi connectivity index (χ1n) is 7.01. The van der Waals surface area contributed by atoms with Gasteiger partial charge >= 0.3 is 0 Å². The molecule has 1 atom stereocenters. The molecule has 1 fully saturated rings. The molecule has 3 rings (SSSR count). The molecular weight excluding hydrogens is 272 g/mol. The van der Waals surface area contributed by atoms with E-state index in [-0.39, 0.29) is 6.04 Å². The van der Waals surface area contributed by atoms with Crippen molar-refractivity contribution in [3.8, 4) is 0 Å². The molecule has 2 aromatic heterocycles. The van der Waals surface area contributed by atoms with E-state index >= 15 is 0 Å². The minimum Gasteiger partial charge on any atom is -0.378 e. The van der Waals surface area contributed by atoms with Crippen LogP contribution in [0, 0.1) is 6.92 Å². The molecule has 0 saturated carbocycles. The molecule has 20 heavy (non-hydrogen) atoms. The molecular formula is C14H20N4OS. The minimum atomic E-state index is 0.271. The summed E-state index contributed by atoms with van der Waals surface area (Å²) in [6.45, 7) is 8.44. The Labute approximate surface area is 123 Å². The van der Waals surface area contributed by atoms with E-state index in [1.54, 1.807) is 11.3 Å². The van der Waals surface area contributed by atoms with E-state index in [1.165, 1.54) is 5.56 Å². The average Bonchev–Trinajstić information content (AvgIpc) is 3.08. The third-order valence-corrected chi connectivity index (χ3v) is 4.62. The van der Waals surface area contributed by atoms with E-state index in [4.69, 9.17) is 4.74 Å². The fourth-order valence-electron chi connectivity index (χ4n) is 2.48. The molecule has 0 N–H and O–H groups in total. The molecule has 1 aliphatic heterocycles. The van der Waals surface area contributed by atoms with Crippen molar-refractivity contribution in [1.82, 2.24) is 19.7 Å². The Balaban J connectivity index is 1.75. The zero-order valence-corrected chi connectivity index (χ0v) is 12.8. The number of thiazole rings is 1. The summed E-state index contributed by atoms with van der Waals surface area (Å²) in [5.41, 5.74) is 2.35. The number of morpholine rings is 1. The van der Waals surface area contributed by atoms with Gasteiger partial charge in [0.1, 0.15) is 5.01 Å². The molecule has 1 unspecified atom stereocenters. The van der Waals surface area contributed by atoms with Gasteiger partial charge in [0.05, 0.1) is 25.5 Å². The van der Waals surface area contributed by atoms with E-state index in [1.807, 2.05) is 17.8 Å². The van der Waals surface area contributed by atoms with Crippen LogP contribution in [0.1, 0.15) is 29.2 Å². The molecule has 0 amide bonds. The van der Waals surface area contributed by atoms with Crippen molar-refractivity contribution >= 4 is 11.3 Å². The number of hydrogen-bond donors (Lipinski definition) is 0. The third-order valence-electron chi connectivity index (χ3n) is 3.56. The summed E-state index contributed by atoms with van der Waals surface area (Å²) >= 11 is 1.73. The maximum absolute atomic E-state index is 5.64. The molecule has 1 aliphatic rings. The van der Waals surface area contributed by atoms with Crippen molar-refractivity contribution < 1.29 is 4.74 Å². The molecule has 5 nitrogen and oxygen atoms in total. The molecule has 2 aromatic rings. The molecule has 108 valence electrons. The second-order valence-corrected chi connectivity index (χ2v) is 5.98. The Morgan fingerprint density at radius 3 is 3.10 bits per heavy atom. The lowest BCUT2D eigenvalue weighted by Crippen LogP contribution is -2.38. The first-order valence-corrected chi connectivity index (χ1v) is 7.89. The number of aryl methyl sites for hydroxylation is 2. The zero-order chi connectivity index (χ0) is 13.9. The number of aromatic nitrogens is 3. The highest BCUT2D eigenvalue weighted by molar-refractivity contribution is 7.09. The van der Waals surface area contributed by atoms with Crippen molar-refractivity contribution in [3.05, 3.63) is 34.0 Å². The predicted octanol–water partition coefficient (Wildman–Crippen LogP) is 2.24. The van der Waals surface area contributed by atoms with Crippen LogP contribution in [0.4, 0.5) is 0 Å². The lowest BCUT2D eigenvalue weighted by molar-refractivity contribution is -0.0128. The Morgan fingerprint density at radius 2 is 2.40 bits per heavy atom. The van der Waals surface area contributed by atoms with Crippen molar-refractivity contribution in [3.63, 3.8) is 0 Å². The zero-order valence-electron chi connectivity index (χ0n) is 12.0. The lowest BCUT2D eigenvalue weighted by atomic mass is 10.2. The minimum absolute atomic E-state index is 0.271. The van der Waals surface area contributed by atoms with Crippen LogP contribution in [0.25, 0.3) is 0 Å². The topological polar surface area (TPSA) is 43.2 Å².